The van der Waals surface area contributed by atoms with Gasteiger partial charge in [0.25, 0.3) is 0 Å². The molecular weight excluding hydrogens is 351 g/mol. The predicted molar refractivity (Wildman–Crippen MR) is 70.3 cm³/mol. The van der Waals surface area contributed by atoms with Crippen molar-refractivity contribution >= 4 is 69.6 Å². The van der Waals surface area contributed by atoms with Crippen molar-refractivity contribution < 1.29 is 0 Å². The molecule has 0 amide bonds. The van der Waals surface area contributed by atoms with Crippen molar-refractivity contribution in [2.75, 3.05) is 0 Å². The molecule has 2 rings (SSSR count). The zero-order valence-corrected chi connectivity index (χ0v) is 12.6. The molecule has 1 aromatic heterocycles. The third kappa shape index (κ3) is 3.62. The topological polar surface area (TPSA) is 38.7 Å². The van der Waals surface area contributed by atoms with Gasteiger partial charge < -0.3 is 0 Å². The van der Waals surface area contributed by atoms with Gasteiger partial charge in [-0.2, -0.15) is 0 Å². The monoisotopic (exact) mass is 353 g/mol. The lowest BCUT2D eigenvalue weighted by Gasteiger charge is -2.15. The second kappa shape index (κ2) is 4.69. The quantitative estimate of drug-likeness (QED) is 0.701. The molecule has 1 aromatic rings. The molecular formula is C8H5Cl6N3. The minimum Gasteiger partial charge on any atom is -0.213 e. The van der Waals surface area contributed by atoms with Gasteiger partial charge in [-0.1, -0.05) is 69.6 Å². The lowest BCUT2D eigenvalue weighted by Crippen LogP contribution is -2.17. The van der Waals surface area contributed by atoms with E-state index in [1.165, 1.54) is 0 Å². The molecule has 0 radical (unpaired) electrons. The Labute approximate surface area is 128 Å². The highest BCUT2D eigenvalue weighted by Crippen LogP contribution is 2.43. The molecule has 17 heavy (non-hydrogen) atoms. The maximum Gasteiger partial charge on any atom is 0.250 e. The van der Waals surface area contributed by atoms with E-state index in [4.69, 9.17) is 69.6 Å². The van der Waals surface area contributed by atoms with Gasteiger partial charge in [0, 0.05) is 5.92 Å². The van der Waals surface area contributed by atoms with Gasteiger partial charge in [0.05, 0.1) is 0 Å². The Morgan fingerprint density at radius 2 is 1.18 bits per heavy atom. The van der Waals surface area contributed by atoms with Gasteiger partial charge in [-0.3, -0.25) is 0 Å². The van der Waals surface area contributed by atoms with Crippen LogP contribution in [-0.2, 0) is 7.59 Å². The van der Waals surface area contributed by atoms with E-state index in [9.17, 15) is 0 Å². The van der Waals surface area contributed by atoms with Crippen LogP contribution in [0.1, 0.15) is 36.2 Å². The highest BCUT2D eigenvalue weighted by atomic mass is 35.6. The van der Waals surface area contributed by atoms with E-state index in [1.54, 1.807) is 0 Å². The molecule has 0 spiro atoms. The molecule has 0 aromatic carbocycles. The Hall–Kier alpha value is 0.750. The van der Waals surface area contributed by atoms with Crippen molar-refractivity contribution in [1.29, 1.82) is 0 Å². The number of aromatic nitrogens is 3. The van der Waals surface area contributed by atoms with Crippen LogP contribution < -0.4 is 0 Å². The second-order valence-corrected chi connectivity index (χ2v) is 8.17. The van der Waals surface area contributed by atoms with Crippen molar-refractivity contribution in [2.45, 2.75) is 26.3 Å². The van der Waals surface area contributed by atoms with E-state index >= 15 is 0 Å². The molecule has 1 aliphatic carbocycles. The highest BCUT2D eigenvalue weighted by molar-refractivity contribution is 6.67. The number of hydrogen-bond acceptors (Lipinski definition) is 3. The normalized spacial score (nSPS) is 17.3. The Balaban J connectivity index is 2.50. The average molecular weight is 356 g/mol. The van der Waals surface area contributed by atoms with Crippen LogP contribution in [0.2, 0.25) is 0 Å². The molecule has 1 aliphatic rings. The summed E-state index contributed by atoms with van der Waals surface area (Å²) < 4.78 is -3.53. The molecule has 3 nitrogen and oxygen atoms in total. The minimum absolute atomic E-state index is 0.0271. The van der Waals surface area contributed by atoms with Gasteiger partial charge in [0.15, 0.2) is 11.6 Å². The average Bonchev–Trinajstić information content (AvgIpc) is 2.97. The van der Waals surface area contributed by atoms with Crippen LogP contribution in [0, 0.1) is 0 Å². The van der Waals surface area contributed by atoms with Gasteiger partial charge in [0.1, 0.15) is 5.82 Å². The molecule has 9 heteroatoms. The summed E-state index contributed by atoms with van der Waals surface area (Å²) in [6.45, 7) is 0. The van der Waals surface area contributed by atoms with Crippen LogP contribution in [0.25, 0.3) is 0 Å². The van der Waals surface area contributed by atoms with Gasteiger partial charge >= 0.3 is 0 Å². The molecule has 0 unspecified atom stereocenters. The van der Waals surface area contributed by atoms with Crippen molar-refractivity contribution in [1.82, 2.24) is 15.0 Å². The van der Waals surface area contributed by atoms with Gasteiger partial charge in [-0.25, -0.2) is 15.0 Å². The van der Waals surface area contributed by atoms with E-state index in [1.807, 2.05) is 0 Å². The molecule has 0 bridgehead atoms. The lowest BCUT2D eigenvalue weighted by atomic mass is 10.4. The fourth-order valence-corrected chi connectivity index (χ4v) is 1.68. The first-order valence-corrected chi connectivity index (χ1v) is 6.85. The van der Waals surface area contributed by atoms with Crippen LogP contribution in [0.5, 0.6) is 0 Å². The van der Waals surface area contributed by atoms with Crippen LogP contribution in [-0.4, -0.2) is 15.0 Å². The number of alkyl halides is 6. The summed E-state index contributed by atoms with van der Waals surface area (Å²) in [5, 5.41) is 0. The summed E-state index contributed by atoms with van der Waals surface area (Å²) in [4.78, 5) is 12.0. The SMILES string of the molecule is ClC(Cl)(Cl)c1nc(C2CC2)nc(C(Cl)(Cl)Cl)n1. The fraction of sp³-hybridized carbons (Fsp3) is 0.625. The largest absolute Gasteiger partial charge is 0.250 e. The van der Waals surface area contributed by atoms with Crippen molar-refractivity contribution in [2.24, 2.45) is 0 Å². The van der Waals surface area contributed by atoms with E-state index in [0.29, 0.717) is 5.82 Å². The zero-order chi connectivity index (χ0) is 12.8. The van der Waals surface area contributed by atoms with Crippen LogP contribution in [0.4, 0.5) is 0 Å². The van der Waals surface area contributed by atoms with Crippen molar-refractivity contribution in [3.63, 3.8) is 0 Å². The molecule has 0 N–H and O–H groups in total. The molecule has 94 valence electrons. The summed E-state index contributed by atoms with van der Waals surface area (Å²) in [6.07, 6.45) is 1.95. The highest BCUT2D eigenvalue weighted by Gasteiger charge is 2.36. The first-order valence-electron chi connectivity index (χ1n) is 4.58. The van der Waals surface area contributed by atoms with E-state index in [-0.39, 0.29) is 17.6 Å². The van der Waals surface area contributed by atoms with Crippen molar-refractivity contribution in [3.05, 3.63) is 17.5 Å². The van der Waals surface area contributed by atoms with Crippen LogP contribution in [0.3, 0.4) is 0 Å². The van der Waals surface area contributed by atoms with Crippen LogP contribution in [0.15, 0.2) is 0 Å². The van der Waals surface area contributed by atoms with E-state index < -0.39 is 7.59 Å². The molecule has 1 saturated carbocycles. The smallest absolute Gasteiger partial charge is 0.213 e. The van der Waals surface area contributed by atoms with E-state index in [2.05, 4.69) is 15.0 Å². The Morgan fingerprint density at radius 3 is 1.47 bits per heavy atom. The summed E-state index contributed by atoms with van der Waals surface area (Å²) in [5.74, 6) is 0.680. The number of nitrogens with zero attached hydrogens (tertiary/aromatic N) is 3. The first-order chi connectivity index (χ1) is 7.68. The maximum atomic E-state index is 5.73. The Kier molecular flexibility index (Phi) is 3.91. The van der Waals surface area contributed by atoms with Gasteiger partial charge in [0.2, 0.25) is 7.59 Å². The standard InChI is InChI=1S/C8H5Cl6N3/c9-7(10,11)5-15-4(3-1-2-3)16-6(17-5)8(12,13)14/h3H,1-2H2. The number of rotatable bonds is 1. The predicted octanol–water partition coefficient (Wildman–Crippen LogP) is 4.40. The number of halogens is 6. The maximum absolute atomic E-state index is 5.73. The lowest BCUT2D eigenvalue weighted by molar-refractivity contribution is 0.777. The third-order valence-electron chi connectivity index (χ3n) is 2.10. The minimum atomic E-state index is -1.77. The molecule has 0 aliphatic heterocycles. The van der Waals surface area contributed by atoms with Gasteiger partial charge in [-0.15, -0.1) is 0 Å². The first kappa shape index (κ1) is 14.2. The molecule has 0 atom stereocenters. The van der Waals surface area contributed by atoms with E-state index in [0.717, 1.165) is 12.8 Å². The Morgan fingerprint density at radius 1 is 0.765 bits per heavy atom. The zero-order valence-electron chi connectivity index (χ0n) is 8.10. The Bertz CT molecular complexity index is 402. The summed E-state index contributed by atoms with van der Waals surface area (Å²) in [5.41, 5.74) is 0. The summed E-state index contributed by atoms with van der Waals surface area (Å²) in [6, 6.07) is 0. The third-order valence-corrected chi connectivity index (χ3v) is 3.12. The molecule has 1 fully saturated rings. The molecule has 0 saturated heterocycles. The molecule has 1 heterocycles. The second-order valence-electron chi connectivity index (χ2n) is 3.61. The summed E-state index contributed by atoms with van der Waals surface area (Å²) >= 11 is 34.4. The van der Waals surface area contributed by atoms with Crippen LogP contribution >= 0.6 is 69.6 Å². The van der Waals surface area contributed by atoms with Gasteiger partial charge in [-0.05, 0) is 12.8 Å². The van der Waals surface area contributed by atoms with Crippen molar-refractivity contribution in [3.8, 4) is 0 Å². The number of hydrogen-bond donors (Lipinski definition) is 0. The fourth-order valence-electron chi connectivity index (χ4n) is 1.17. The summed E-state index contributed by atoms with van der Waals surface area (Å²) in [7, 11) is 0.